The Morgan fingerprint density at radius 1 is 1.55 bits per heavy atom. The molecule has 20 heavy (non-hydrogen) atoms. The standard InChI is InChI=1S/C13H16N2O5/c1-20-10-4-2-3-9(15(18)19)11(10)12(17)14-7-13(8-16)5-6-13/h2-4,16H,5-8H2,1H3,(H,14,17). The zero-order valence-electron chi connectivity index (χ0n) is 11.1. The maximum absolute atomic E-state index is 12.2. The first-order chi connectivity index (χ1) is 9.53. The van der Waals surface area contributed by atoms with E-state index in [0.717, 1.165) is 12.8 Å². The van der Waals surface area contributed by atoms with Gasteiger partial charge in [-0.15, -0.1) is 0 Å². The lowest BCUT2D eigenvalue weighted by Crippen LogP contribution is -2.32. The summed E-state index contributed by atoms with van der Waals surface area (Å²) in [4.78, 5) is 22.5. The molecule has 0 saturated heterocycles. The van der Waals surface area contributed by atoms with Crippen LogP contribution in [0.25, 0.3) is 0 Å². The summed E-state index contributed by atoms with van der Waals surface area (Å²) in [6.07, 6.45) is 1.69. The molecule has 0 aliphatic heterocycles. The Balaban J connectivity index is 2.21. The van der Waals surface area contributed by atoms with Crippen LogP contribution in [0, 0.1) is 15.5 Å². The molecule has 1 aromatic carbocycles. The molecule has 1 aromatic rings. The van der Waals surface area contributed by atoms with E-state index in [1.807, 2.05) is 0 Å². The Bertz CT molecular complexity index is 540. The molecule has 0 bridgehead atoms. The van der Waals surface area contributed by atoms with E-state index >= 15 is 0 Å². The number of rotatable bonds is 6. The van der Waals surface area contributed by atoms with Gasteiger partial charge in [-0.3, -0.25) is 14.9 Å². The second-order valence-corrected chi connectivity index (χ2v) is 4.95. The largest absolute Gasteiger partial charge is 0.496 e. The van der Waals surface area contributed by atoms with Gasteiger partial charge in [0.05, 0.1) is 18.6 Å². The van der Waals surface area contributed by atoms with Gasteiger partial charge in [-0.1, -0.05) is 6.07 Å². The number of benzene rings is 1. The Morgan fingerprint density at radius 3 is 2.75 bits per heavy atom. The van der Waals surface area contributed by atoms with Crippen molar-refractivity contribution in [1.82, 2.24) is 5.32 Å². The van der Waals surface area contributed by atoms with Crippen LogP contribution in [0.4, 0.5) is 5.69 Å². The Labute approximate surface area is 115 Å². The van der Waals surface area contributed by atoms with Gasteiger partial charge in [0.25, 0.3) is 11.6 Å². The van der Waals surface area contributed by atoms with Gasteiger partial charge < -0.3 is 15.2 Å². The van der Waals surface area contributed by atoms with Gasteiger partial charge in [0.1, 0.15) is 5.75 Å². The number of nitro benzene ring substituents is 1. The molecule has 1 amide bonds. The molecule has 0 heterocycles. The van der Waals surface area contributed by atoms with Crippen molar-refractivity contribution in [2.24, 2.45) is 5.41 Å². The summed E-state index contributed by atoms with van der Waals surface area (Å²) in [5, 5.41) is 22.8. The number of aliphatic hydroxyl groups excluding tert-OH is 1. The van der Waals surface area contributed by atoms with Crippen LogP contribution in [-0.2, 0) is 0 Å². The molecule has 1 fully saturated rings. The highest BCUT2D eigenvalue weighted by Gasteiger charge is 2.42. The van der Waals surface area contributed by atoms with Gasteiger partial charge in [0.15, 0.2) is 5.56 Å². The number of nitrogens with zero attached hydrogens (tertiary/aromatic N) is 1. The summed E-state index contributed by atoms with van der Waals surface area (Å²) < 4.78 is 5.02. The Kier molecular flexibility index (Phi) is 3.89. The van der Waals surface area contributed by atoms with Crippen LogP contribution in [0.15, 0.2) is 18.2 Å². The zero-order valence-corrected chi connectivity index (χ0v) is 11.1. The number of carbonyl (C=O) groups is 1. The monoisotopic (exact) mass is 280 g/mol. The van der Waals surface area contributed by atoms with Crippen molar-refractivity contribution in [3.05, 3.63) is 33.9 Å². The number of hydrogen-bond donors (Lipinski definition) is 2. The van der Waals surface area contributed by atoms with Crippen molar-refractivity contribution in [2.75, 3.05) is 20.3 Å². The van der Waals surface area contributed by atoms with E-state index in [1.54, 1.807) is 0 Å². The van der Waals surface area contributed by atoms with Gasteiger partial charge in [0, 0.05) is 18.0 Å². The molecule has 0 aromatic heterocycles. The molecule has 2 rings (SSSR count). The maximum atomic E-state index is 12.2. The third-order valence-electron chi connectivity index (χ3n) is 3.56. The van der Waals surface area contributed by atoms with Crippen molar-refractivity contribution < 1.29 is 19.6 Å². The molecule has 7 nitrogen and oxygen atoms in total. The molecule has 1 saturated carbocycles. The minimum absolute atomic E-state index is 0.00129. The lowest BCUT2D eigenvalue weighted by Gasteiger charge is -2.14. The molecule has 1 aliphatic carbocycles. The van der Waals surface area contributed by atoms with Crippen molar-refractivity contribution in [3.8, 4) is 5.75 Å². The van der Waals surface area contributed by atoms with E-state index in [0.29, 0.717) is 6.54 Å². The Morgan fingerprint density at radius 2 is 2.25 bits per heavy atom. The number of carbonyl (C=O) groups excluding carboxylic acids is 1. The molecule has 108 valence electrons. The maximum Gasteiger partial charge on any atom is 0.285 e. The molecule has 1 aliphatic rings. The minimum atomic E-state index is -0.615. The van der Waals surface area contributed by atoms with Gasteiger partial charge in [-0.25, -0.2) is 0 Å². The molecule has 0 atom stereocenters. The van der Waals surface area contributed by atoms with Gasteiger partial charge in [-0.05, 0) is 18.9 Å². The van der Waals surface area contributed by atoms with E-state index in [4.69, 9.17) is 4.74 Å². The summed E-state index contributed by atoms with van der Waals surface area (Å²) in [7, 11) is 1.35. The van der Waals surface area contributed by atoms with E-state index in [1.165, 1.54) is 25.3 Å². The summed E-state index contributed by atoms with van der Waals surface area (Å²) in [5.41, 5.74) is -0.642. The fourth-order valence-corrected chi connectivity index (χ4v) is 1.99. The quantitative estimate of drug-likeness (QED) is 0.600. The highest BCUT2D eigenvalue weighted by molar-refractivity contribution is 6.00. The first-order valence-electron chi connectivity index (χ1n) is 6.23. The topological polar surface area (TPSA) is 102 Å². The molecular weight excluding hydrogens is 264 g/mol. The molecule has 2 N–H and O–H groups in total. The fraction of sp³-hybridized carbons (Fsp3) is 0.462. The van der Waals surface area contributed by atoms with Gasteiger partial charge >= 0.3 is 0 Å². The van der Waals surface area contributed by atoms with Crippen LogP contribution < -0.4 is 10.1 Å². The van der Waals surface area contributed by atoms with Gasteiger partial charge in [0.2, 0.25) is 0 Å². The first-order valence-corrected chi connectivity index (χ1v) is 6.23. The highest BCUT2D eigenvalue weighted by Crippen LogP contribution is 2.44. The minimum Gasteiger partial charge on any atom is -0.496 e. The number of nitro groups is 1. The second kappa shape index (κ2) is 5.46. The molecular formula is C13H16N2O5. The van der Waals surface area contributed by atoms with E-state index in [9.17, 15) is 20.0 Å². The molecule has 0 radical (unpaired) electrons. The lowest BCUT2D eigenvalue weighted by atomic mass is 10.1. The average Bonchev–Trinajstić information content (AvgIpc) is 3.24. The van der Waals surface area contributed by atoms with Crippen LogP contribution in [0.2, 0.25) is 0 Å². The van der Waals surface area contributed by atoms with Crippen molar-refractivity contribution in [2.45, 2.75) is 12.8 Å². The van der Waals surface area contributed by atoms with E-state index in [-0.39, 0.29) is 29.0 Å². The predicted molar refractivity (Wildman–Crippen MR) is 70.7 cm³/mol. The normalized spacial score (nSPS) is 15.5. The summed E-state index contributed by atoms with van der Waals surface area (Å²) in [6.45, 7) is 0.304. The number of amides is 1. The summed E-state index contributed by atoms with van der Waals surface area (Å²) >= 11 is 0. The van der Waals surface area contributed by atoms with Crippen LogP contribution in [-0.4, -0.2) is 36.2 Å². The smallest absolute Gasteiger partial charge is 0.285 e. The van der Waals surface area contributed by atoms with Crippen molar-refractivity contribution in [3.63, 3.8) is 0 Å². The summed E-state index contributed by atoms with van der Waals surface area (Å²) in [6, 6.07) is 4.22. The van der Waals surface area contributed by atoms with Crippen molar-refractivity contribution in [1.29, 1.82) is 0 Å². The SMILES string of the molecule is COc1cccc([N+](=O)[O-])c1C(=O)NCC1(CO)CC1. The average molecular weight is 280 g/mol. The second-order valence-electron chi connectivity index (χ2n) is 4.95. The molecule has 0 spiro atoms. The number of methoxy groups -OCH3 is 1. The van der Waals surface area contributed by atoms with Crippen molar-refractivity contribution >= 4 is 11.6 Å². The number of hydrogen-bond acceptors (Lipinski definition) is 5. The fourth-order valence-electron chi connectivity index (χ4n) is 1.99. The van der Waals surface area contributed by atoms with Crippen LogP contribution in [0.1, 0.15) is 23.2 Å². The third kappa shape index (κ3) is 2.72. The van der Waals surface area contributed by atoms with Crippen LogP contribution in [0.5, 0.6) is 5.75 Å². The zero-order chi connectivity index (χ0) is 14.8. The molecule has 0 unspecified atom stereocenters. The van der Waals surface area contributed by atoms with E-state index in [2.05, 4.69) is 5.32 Å². The highest BCUT2D eigenvalue weighted by atomic mass is 16.6. The number of aliphatic hydroxyl groups is 1. The van der Waals surface area contributed by atoms with Gasteiger partial charge in [-0.2, -0.15) is 0 Å². The third-order valence-corrected chi connectivity index (χ3v) is 3.56. The van der Waals surface area contributed by atoms with Crippen LogP contribution >= 0.6 is 0 Å². The van der Waals surface area contributed by atoms with E-state index < -0.39 is 10.8 Å². The molecule has 7 heteroatoms. The first kappa shape index (κ1) is 14.3. The van der Waals surface area contributed by atoms with Crippen LogP contribution in [0.3, 0.4) is 0 Å². The summed E-state index contributed by atoms with van der Waals surface area (Å²) in [5.74, 6) is -0.403. The Hall–Kier alpha value is -2.15. The lowest BCUT2D eigenvalue weighted by molar-refractivity contribution is -0.385. The number of ether oxygens (including phenoxy) is 1. The predicted octanol–water partition coefficient (Wildman–Crippen LogP) is 1.11. The number of nitrogens with one attached hydrogen (secondary N) is 1.